The molecular formula is C30H25N5O3. The SMILES string of the molecule is COc1ccc(C2=NN(c3ccc(Oc4ccnc5cc(OC)cnc45)cc3)C(N)c3ccccc32)cc1. The average molecular weight is 504 g/mol. The lowest BCUT2D eigenvalue weighted by Crippen LogP contribution is -2.36. The zero-order valence-electron chi connectivity index (χ0n) is 20.9. The highest BCUT2D eigenvalue weighted by atomic mass is 16.5. The van der Waals surface area contributed by atoms with Crippen LogP contribution in [0.1, 0.15) is 22.9 Å². The lowest BCUT2D eigenvalue weighted by atomic mass is 9.94. The van der Waals surface area contributed by atoms with Gasteiger partial charge in [-0.05, 0) is 48.5 Å². The van der Waals surface area contributed by atoms with E-state index in [-0.39, 0.29) is 0 Å². The summed E-state index contributed by atoms with van der Waals surface area (Å²) in [5.74, 6) is 2.69. The Morgan fingerprint density at radius 1 is 0.789 bits per heavy atom. The fraction of sp³-hybridized carbons (Fsp3) is 0.100. The van der Waals surface area contributed by atoms with E-state index in [0.29, 0.717) is 28.3 Å². The minimum Gasteiger partial charge on any atom is -0.497 e. The van der Waals surface area contributed by atoms with Crippen molar-refractivity contribution in [1.29, 1.82) is 0 Å². The van der Waals surface area contributed by atoms with E-state index in [0.717, 1.165) is 33.8 Å². The number of benzene rings is 3. The molecule has 8 nitrogen and oxygen atoms in total. The normalized spacial score (nSPS) is 14.6. The number of aromatic nitrogens is 2. The van der Waals surface area contributed by atoms with Crippen molar-refractivity contribution in [3.8, 4) is 23.0 Å². The highest BCUT2D eigenvalue weighted by Crippen LogP contribution is 2.35. The number of hydrogen-bond acceptors (Lipinski definition) is 8. The number of hydrazone groups is 1. The number of anilines is 1. The fourth-order valence-electron chi connectivity index (χ4n) is 4.48. The van der Waals surface area contributed by atoms with Gasteiger partial charge in [-0.25, -0.2) is 9.99 Å². The molecule has 0 radical (unpaired) electrons. The molecule has 0 saturated heterocycles. The van der Waals surface area contributed by atoms with E-state index in [1.165, 1.54) is 0 Å². The third-order valence-corrected chi connectivity index (χ3v) is 6.45. The largest absolute Gasteiger partial charge is 0.497 e. The van der Waals surface area contributed by atoms with Crippen molar-refractivity contribution in [2.75, 3.05) is 19.2 Å². The van der Waals surface area contributed by atoms with E-state index in [9.17, 15) is 0 Å². The topological polar surface area (TPSA) is 95.1 Å². The summed E-state index contributed by atoms with van der Waals surface area (Å²) in [5, 5.41) is 6.82. The van der Waals surface area contributed by atoms with Gasteiger partial charge in [0.15, 0.2) is 5.75 Å². The third kappa shape index (κ3) is 4.27. The van der Waals surface area contributed by atoms with Crippen molar-refractivity contribution >= 4 is 22.4 Å². The standard InChI is InChI=1S/C30H25N5O3/c1-36-21-11-7-19(8-12-21)28-24-5-3-4-6-25(24)30(31)35(34-28)20-9-13-22(14-10-20)38-27-15-16-32-26-17-23(37-2)18-33-29(26)27/h3-18,30H,31H2,1-2H3. The summed E-state index contributed by atoms with van der Waals surface area (Å²) in [6.45, 7) is 0. The smallest absolute Gasteiger partial charge is 0.156 e. The predicted molar refractivity (Wildman–Crippen MR) is 147 cm³/mol. The Bertz CT molecular complexity index is 1640. The van der Waals surface area contributed by atoms with E-state index in [1.807, 2.05) is 77.8 Å². The van der Waals surface area contributed by atoms with Crippen LogP contribution in [0.5, 0.6) is 23.0 Å². The van der Waals surface area contributed by atoms with Gasteiger partial charge in [0, 0.05) is 35.0 Å². The van der Waals surface area contributed by atoms with Crippen LogP contribution in [0, 0.1) is 0 Å². The molecule has 0 bridgehead atoms. The van der Waals surface area contributed by atoms with E-state index in [4.69, 9.17) is 25.0 Å². The number of fused-ring (bicyclic) bond motifs is 2. The first kappa shape index (κ1) is 23.4. The van der Waals surface area contributed by atoms with Crippen molar-refractivity contribution in [2.24, 2.45) is 10.8 Å². The molecule has 8 heteroatoms. The Morgan fingerprint density at radius 2 is 1.53 bits per heavy atom. The first-order valence-electron chi connectivity index (χ1n) is 12.1. The highest BCUT2D eigenvalue weighted by molar-refractivity contribution is 6.15. The summed E-state index contributed by atoms with van der Waals surface area (Å²) in [6, 6.07) is 27.2. The van der Waals surface area contributed by atoms with Crippen LogP contribution in [0.3, 0.4) is 0 Å². The van der Waals surface area contributed by atoms with Gasteiger partial charge in [0.2, 0.25) is 0 Å². The summed E-state index contributed by atoms with van der Waals surface area (Å²) in [6.07, 6.45) is 2.89. The number of hydrogen-bond donors (Lipinski definition) is 1. The number of nitrogens with two attached hydrogens (primary N) is 1. The predicted octanol–water partition coefficient (Wildman–Crippen LogP) is 5.67. The molecular weight excluding hydrogens is 478 g/mol. The minimum absolute atomic E-state index is 0.441. The minimum atomic E-state index is -0.441. The van der Waals surface area contributed by atoms with Gasteiger partial charge in [0.05, 0.1) is 37.3 Å². The molecule has 3 aromatic carbocycles. The van der Waals surface area contributed by atoms with E-state index >= 15 is 0 Å². The first-order chi connectivity index (χ1) is 18.6. The van der Waals surface area contributed by atoms with Crippen LogP contribution in [0.15, 0.2) is 102 Å². The van der Waals surface area contributed by atoms with Gasteiger partial charge >= 0.3 is 0 Å². The summed E-state index contributed by atoms with van der Waals surface area (Å²) in [4.78, 5) is 8.83. The molecule has 0 fully saturated rings. The van der Waals surface area contributed by atoms with Gasteiger partial charge in [-0.1, -0.05) is 24.3 Å². The van der Waals surface area contributed by atoms with Crippen molar-refractivity contribution in [1.82, 2.24) is 9.97 Å². The summed E-state index contributed by atoms with van der Waals surface area (Å²) < 4.78 is 16.7. The van der Waals surface area contributed by atoms with Crippen molar-refractivity contribution in [2.45, 2.75) is 6.17 Å². The molecule has 0 spiro atoms. The molecule has 188 valence electrons. The molecule has 6 rings (SSSR count). The van der Waals surface area contributed by atoms with Gasteiger partial charge in [-0.2, -0.15) is 5.10 Å². The molecule has 0 saturated carbocycles. The van der Waals surface area contributed by atoms with Crippen molar-refractivity contribution in [3.63, 3.8) is 0 Å². The average Bonchev–Trinajstić information content (AvgIpc) is 2.98. The molecule has 0 amide bonds. The number of nitrogens with zero attached hydrogens (tertiary/aromatic N) is 4. The maximum Gasteiger partial charge on any atom is 0.156 e. The first-order valence-corrected chi connectivity index (χ1v) is 12.1. The Kier molecular flexibility index (Phi) is 6.07. The molecule has 38 heavy (non-hydrogen) atoms. The molecule has 2 N–H and O–H groups in total. The van der Waals surface area contributed by atoms with Gasteiger partial charge in [-0.15, -0.1) is 0 Å². The van der Waals surface area contributed by atoms with Crippen molar-refractivity contribution < 1.29 is 14.2 Å². The molecule has 2 aromatic heterocycles. The van der Waals surface area contributed by atoms with Gasteiger partial charge in [0.1, 0.15) is 28.9 Å². The van der Waals surface area contributed by atoms with Gasteiger partial charge in [-0.3, -0.25) is 4.98 Å². The second-order valence-corrected chi connectivity index (χ2v) is 8.70. The number of rotatable bonds is 6. The van der Waals surface area contributed by atoms with E-state index < -0.39 is 6.17 Å². The zero-order chi connectivity index (χ0) is 26.1. The van der Waals surface area contributed by atoms with Gasteiger partial charge in [0.25, 0.3) is 0 Å². The van der Waals surface area contributed by atoms with Crippen LogP contribution < -0.4 is 25.0 Å². The molecule has 1 aliphatic heterocycles. The van der Waals surface area contributed by atoms with Crippen LogP contribution in [0.25, 0.3) is 11.0 Å². The van der Waals surface area contributed by atoms with Crippen LogP contribution >= 0.6 is 0 Å². The van der Waals surface area contributed by atoms with Gasteiger partial charge < -0.3 is 19.9 Å². The molecule has 5 aromatic rings. The Balaban J connectivity index is 1.32. The maximum absolute atomic E-state index is 6.70. The summed E-state index contributed by atoms with van der Waals surface area (Å²) in [7, 11) is 3.25. The number of ether oxygens (including phenoxy) is 3. The lowest BCUT2D eigenvalue weighted by molar-refractivity contribution is 0.413. The Morgan fingerprint density at radius 3 is 2.29 bits per heavy atom. The maximum atomic E-state index is 6.70. The lowest BCUT2D eigenvalue weighted by Gasteiger charge is -2.33. The van der Waals surface area contributed by atoms with E-state index in [2.05, 4.69) is 16.0 Å². The molecule has 0 aliphatic carbocycles. The Hall–Kier alpha value is -4.95. The molecule has 1 unspecified atom stereocenters. The molecule has 1 aliphatic rings. The Labute approximate surface area is 219 Å². The fourth-order valence-corrected chi connectivity index (χ4v) is 4.48. The van der Waals surface area contributed by atoms with Crippen LogP contribution in [0.2, 0.25) is 0 Å². The van der Waals surface area contributed by atoms with Crippen LogP contribution in [-0.2, 0) is 0 Å². The summed E-state index contributed by atoms with van der Waals surface area (Å²) in [5.41, 5.74) is 12.7. The third-order valence-electron chi connectivity index (χ3n) is 6.45. The summed E-state index contributed by atoms with van der Waals surface area (Å²) >= 11 is 0. The molecule has 1 atom stereocenters. The van der Waals surface area contributed by atoms with Crippen LogP contribution in [0.4, 0.5) is 5.69 Å². The van der Waals surface area contributed by atoms with Crippen LogP contribution in [-0.4, -0.2) is 29.9 Å². The van der Waals surface area contributed by atoms with E-state index in [1.54, 1.807) is 32.7 Å². The zero-order valence-corrected chi connectivity index (χ0v) is 20.9. The van der Waals surface area contributed by atoms with Crippen molar-refractivity contribution in [3.05, 3.63) is 114 Å². The second kappa shape index (κ2) is 9.84. The second-order valence-electron chi connectivity index (χ2n) is 8.70. The quantitative estimate of drug-likeness (QED) is 0.319. The number of pyridine rings is 2. The highest BCUT2D eigenvalue weighted by Gasteiger charge is 2.27. The molecule has 3 heterocycles. The number of methoxy groups -OCH3 is 2. The monoisotopic (exact) mass is 503 g/mol.